The Balaban J connectivity index is 1.52. The van der Waals surface area contributed by atoms with Crippen molar-refractivity contribution in [2.24, 2.45) is 0 Å². The highest BCUT2D eigenvalue weighted by atomic mass is 32.1. The van der Waals surface area contributed by atoms with E-state index in [0.717, 1.165) is 30.3 Å². The third-order valence-electron chi connectivity index (χ3n) is 4.84. The van der Waals surface area contributed by atoms with Crippen molar-refractivity contribution in [1.82, 2.24) is 19.9 Å². The van der Waals surface area contributed by atoms with Gasteiger partial charge in [0.25, 0.3) is 5.91 Å². The molecule has 1 saturated carbocycles. The highest BCUT2D eigenvalue weighted by Crippen LogP contribution is 2.34. The van der Waals surface area contributed by atoms with E-state index in [1.807, 2.05) is 17.9 Å². The summed E-state index contributed by atoms with van der Waals surface area (Å²) in [6, 6.07) is 2.56. The number of rotatable bonds is 4. The van der Waals surface area contributed by atoms with E-state index in [9.17, 15) is 4.79 Å². The summed E-state index contributed by atoms with van der Waals surface area (Å²) in [6.45, 7) is 2.67. The van der Waals surface area contributed by atoms with E-state index in [-0.39, 0.29) is 11.9 Å². The molecule has 4 rings (SSSR count). The molecule has 2 aromatic rings. The van der Waals surface area contributed by atoms with E-state index in [1.54, 1.807) is 10.9 Å². The van der Waals surface area contributed by atoms with Gasteiger partial charge in [-0.15, -0.1) is 11.3 Å². The predicted molar refractivity (Wildman–Crippen MR) is 93.2 cm³/mol. The molecule has 0 aromatic carbocycles. The first-order valence-electron chi connectivity index (χ1n) is 8.52. The van der Waals surface area contributed by atoms with E-state index in [2.05, 4.69) is 20.3 Å². The fourth-order valence-corrected chi connectivity index (χ4v) is 4.04. The molecule has 0 spiro atoms. The van der Waals surface area contributed by atoms with Crippen molar-refractivity contribution in [3.8, 4) is 0 Å². The molecule has 1 aliphatic carbocycles. The summed E-state index contributed by atoms with van der Waals surface area (Å²) in [5.41, 5.74) is 3.15. The summed E-state index contributed by atoms with van der Waals surface area (Å²) < 4.78 is 0. The normalized spacial score (nSPS) is 20.9. The SMILES string of the molecule is Cc1nc(NC2CCCC2)cc([C@H]2CCN2C(=O)c2cscn2)n1. The van der Waals surface area contributed by atoms with E-state index >= 15 is 0 Å². The first kappa shape index (κ1) is 15.5. The van der Waals surface area contributed by atoms with Crippen molar-refractivity contribution >= 4 is 23.1 Å². The number of likely N-dealkylation sites (tertiary alicyclic amines) is 1. The van der Waals surface area contributed by atoms with E-state index in [4.69, 9.17) is 0 Å². The molecule has 7 heteroatoms. The third-order valence-corrected chi connectivity index (χ3v) is 5.42. The average Bonchev–Trinajstić information content (AvgIpc) is 3.18. The van der Waals surface area contributed by atoms with Gasteiger partial charge in [0, 0.05) is 24.0 Å². The minimum Gasteiger partial charge on any atom is -0.367 e. The molecule has 0 bridgehead atoms. The summed E-state index contributed by atoms with van der Waals surface area (Å²) in [6.07, 6.45) is 5.92. The number of anilines is 1. The number of carbonyl (C=O) groups excluding carboxylic acids is 1. The first-order chi connectivity index (χ1) is 11.7. The predicted octanol–water partition coefficient (Wildman–Crippen LogP) is 3.18. The Bertz CT molecular complexity index is 727. The molecule has 24 heavy (non-hydrogen) atoms. The topological polar surface area (TPSA) is 71.0 Å². The lowest BCUT2D eigenvalue weighted by atomic mass is 9.98. The minimum absolute atomic E-state index is 0.00549. The van der Waals surface area contributed by atoms with Gasteiger partial charge >= 0.3 is 0 Å². The molecule has 1 amide bonds. The van der Waals surface area contributed by atoms with Gasteiger partial charge in [0.1, 0.15) is 17.3 Å². The molecular weight excluding hydrogens is 322 g/mol. The standard InChI is InChI=1S/C17H21N5OS/c1-11-19-13(8-16(20-11)21-12-4-2-3-5-12)15-6-7-22(15)17(23)14-9-24-10-18-14/h8-10,12,15H,2-7H2,1H3,(H,19,20,21)/t15-/m1/s1. The van der Waals surface area contributed by atoms with Crippen LogP contribution in [0.3, 0.4) is 0 Å². The van der Waals surface area contributed by atoms with Gasteiger partial charge in [-0.05, 0) is 26.2 Å². The van der Waals surface area contributed by atoms with Crippen LogP contribution in [-0.4, -0.2) is 38.3 Å². The molecule has 6 nitrogen and oxygen atoms in total. The third kappa shape index (κ3) is 3.00. The lowest BCUT2D eigenvalue weighted by molar-refractivity contribution is 0.0445. The van der Waals surface area contributed by atoms with Crippen LogP contribution in [0.25, 0.3) is 0 Å². The van der Waals surface area contributed by atoms with Crippen molar-refractivity contribution in [3.63, 3.8) is 0 Å². The van der Waals surface area contributed by atoms with Crippen LogP contribution in [0.4, 0.5) is 5.82 Å². The van der Waals surface area contributed by atoms with Crippen molar-refractivity contribution < 1.29 is 4.79 Å². The molecule has 1 aliphatic heterocycles. The summed E-state index contributed by atoms with van der Waals surface area (Å²) in [4.78, 5) is 27.6. The second-order valence-electron chi connectivity index (χ2n) is 6.53. The van der Waals surface area contributed by atoms with Gasteiger partial charge in [0.2, 0.25) is 0 Å². The molecule has 3 heterocycles. The second kappa shape index (κ2) is 6.47. The number of carbonyl (C=O) groups is 1. The van der Waals surface area contributed by atoms with Crippen molar-refractivity contribution in [2.45, 2.75) is 51.1 Å². The Kier molecular flexibility index (Phi) is 4.18. The monoisotopic (exact) mass is 343 g/mol. The van der Waals surface area contributed by atoms with Crippen LogP contribution in [0.15, 0.2) is 17.0 Å². The molecule has 1 N–H and O–H groups in total. The van der Waals surface area contributed by atoms with Gasteiger partial charge in [-0.2, -0.15) is 0 Å². The summed E-state index contributed by atoms with van der Waals surface area (Å²) in [5, 5.41) is 5.33. The number of aryl methyl sites for hydroxylation is 1. The highest BCUT2D eigenvalue weighted by molar-refractivity contribution is 7.07. The van der Waals surface area contributed by atoms with E-state index in [1.165, 1.54) is 37.0 Å². The van der Waals surface area contributed by atoms with E-state index in [0.29, 0.717) is 11.7 Å². The number of hydrogen-bond acceptors (Lipinski definition) is 6. The summed E-state index contributed by atoms with van der Waals surface area (Å²) in [5.74, 6) is 1.63. The van der Waals surface area contributed by atoms with Gasteiger partial charge in [-0.3, -0.25) is 4.79 Å². The number of thiazole rings is 1. The molecule has 1 saturated heterocycles. The fraction of sp³-hybridized carbons (Fsp3) is 0.529. The Morgan fingerprint density at radius 2 is 2.12 bits per heavy atom. The van der Waals surface area contributed by atoms with Crippen molar-refractivity contribution in [3.05, 3.63) is 34.2 Å². The second-order valence-corrected chi connectivity index (χ2v) is 7.25. The van der Waals surface area contributed by atoms with Crippen LogP contribution >= 0.6 is 11.3 Å². The molecular formula is C17H21N5OS. The first-order valence-corrected chi connectivity index (χ1v) is 9.46. The molecule has 2 aromatic heterocycles. The van der Waals surface area contributed by atoms with Crippen LogP contribution in [0, 0.1) is 6.92 Å². The van der Waals surface area contributed by atoms with Crippen LogP contribution < -0.4 is 5.32 Å². The number of aromatic nitrogens is 3. The molecule has 2 fully saturated rings. The Morgan fingerprint density at radius 1 is 1.29 bits per heavy atom. The largest absolute Gasteiger partial charge is 0.367 e. The Hall–Kier alpha value is -2.02. The Labute approximate surface area is 145 Å². The van der Waals surface area contributed by atoms with Crippen LogP contribution in [0.2, 0.25) is 0 Å². The smallest absolute Gasteiger partial charge is 0.273 e. The summed E-state index contributed by atoms with van der Waals surface area (Å²) >= 11 is 1.45. The molecule has 2 aliphatic rings. The number of nitrogens with zero attached hydrogens (tertiary/aromatic N) is 4. The van der Waals surface area contributed by atoms with Gasteiger partial charge in [-0.1, -0.05) is 12.8 Å². The number of nitrogens with one attached hydrogen (secondary N) is 1. The van der Waals surface area contributed by atoms with Crippen LogP contribution in [0.1, 0.15) is 60.2 Å². The molecule has 1 atom stereocenters. The van der Waals surface area contributed by atoms with Crippen LogP contribution in [0.5, 0.6) is 0 Å². The molecule has 126 valence electrons. The van der Waals surface area contributed by atoms with Gasteiger partial charge in [0.05, 0.1) is 17.2 Å². The highest BCUT2D eigenvalue weighted by Gasteiger charge is 2.36. The zero-order valence-corrected chi connectivity index (χ0v) is 14.6. The zero-order valence-electron chi connectivity index (χ0n) is 13.7. The van der Waals surface area contributed by atoms with Gasteiger partial charge in [0.15, 0.2) is 0 Å². The van der Waals surface area contributed by atoms with Crippen molar-refractivity contribution in [2.75, 3.05) is 11.9 Å². The summed E-state index contributed by atoms with van der Waals surface area (Å²) in [7, 11) is 0. The lowest BCUT2D eigenvalue weighted by Gasteiger charge is -2.40. The van der Waals surface area contributed by atoms with E-state index < -0.39 is 0 Å². The van der Waals surface area contributed by atoms with Gasteiger partial charge < -0.3 is 10.2 Å². The molecule has 0 radical (unpaired) electrons. The number of hydrogen-bond donors (Lipinski definition) is 1. The van der Waals surface area contributed by atoms with Crippen molar-refractivity contribution in [1.29, 1.82) is 0 Å². The lowest BCUT2D eigenvalue weighted by Crippen LogP contribution is -2.45. The van der Waals surface area contributed by atoms with Gasteiger partial charge in [-0.25, -0.2) is 15.0 Å². The zero-order chi connectivity index (χ0) is 16.5. The minimum atomic E-state index is -0.00549. The molecule has 0 unspecified atom stereocenters. The quantitative estimate of drug-likeness (QED) is 0.923. The number of amides is 1. The Morgan fingerprint density at radius 3 is 2.79 bits per heavy atom. The van der Waals surface area contributed by atoms with Crippen LogP contribution in [-0.2, 0) is 0 Å². The maximum absolute atomic E-state index is 12.5. The maximum Gasteiger partial charge on any atom is 0.273 e. The average molecular weight is 343 g/mol. The fourth-order valence-electron chi connectivity index (χ4n) is 3.52. The maximum atomic E-state index is 12.5.